The van der Waals surface area contributed by atoms with Gasteiger partial charge in [0, 0.05) is 43.7 Å². The molecule has 0 unspecified atom stereocenters. The van der Waals surface area contributed by atoms with E-state index in [-0.39, 0.29) is 5.92 Å². The number of hydrogen-bond donors (Lipinski definition) is 1. The fourth-order valence-corrected chi connectivity index (χ4v) is 4.31. The Hall–Kier alpha value is -0.610. The van der Waals surface area contributed by atoms with Gasteiger partial charge in [0.15, 0.2) is 0 Å². The maximum atomic E-state index is 11.4. The Morgan fingerprint density at radius 2 is 1.83 bits per heavy atom. The van der Waals surface area contributed by atoms with Crippen molar-refractivity contribution in [3.05, 3.63) is 34.9 Å². The lowest BCUT2D eigenvalue weighted by molar-refractivity contribution is -0.0337. The summed E-state index contributed by atoms with van der Waals surface area (Å²) in [5, 5.41) is 12.1. The number of aliphatic hydroxyl groups is 1. The summed E-state index contributed by atoms with van der Waals surface area (Å²) in [5.74, 6) is 0.157. The number of hydrogen-bond acceptors (Lipinski definition) is 3. The first-order valence-corrected chi connectivity index (χ1v) is 9.33. The van der Waals surface area contributed by atoms with Gasteiger partial charge < -0.3 is 14.9 Å². The molecule has 128 valence electrons. The summed E-state index contributed by atoms with van der Waals surface area (Å²) < 4.78 is 0. The van der Waals surface area contributed by atoms with Gasteiger partial charge in [0.1, 0.15) is 0 Å². The van der Waals surface area contributed by atoms with Crippen LogP contribution in [0.5, 0.6) is 0 Å². The summed E-state index contributed by atoms with van der Waals surface area (Å²) in [6.45, 7) is 5.33. The van der Waals surface area contributed by atoms with Crippen LogP contribution in [0.3, 0.4) is 0 Å². The van der Waals surface area contributed by atoms with Crippen LogP contribution in [-0.4, -0.2) is 60.3 Å². The summed E-state index contributed by atoms with van der Waals surface area (Å²) in [6.07, 6.45) is 5.35. The molecule has 3 nitrogen and oxygen atoms in total. The summed E-state index contributed by atoms with van der Waals surface area (Å²) in [4.78, 5) is 4.89. The Labute approximate surface area is 145 Å². The van der Waals surface area contributed by atoms with Crippen molar-refractivity contribution < 1.29 is 5.11 Å². The highest BCUT2D eigenvalue weighted by atomic mass is 35.5. The lowest BCUT2D eigenvalue weighted by atomic mass is 9.72. The Kier molecular flexibility index (Phi) is 5.63. The number of rotatable bonds is 4. The van der Waals surface area contributed by atoms with Crippen molar-refractivity contribution in [1.82, 2.24) is 9.80 Å². The third-order valence-corrected chi connectivity index (χ3v) is 5.89. The molecule has 0 spiro atoms. The van der Waals surface area contributed by atoms with Crippen molar-refractivity contribution in [2.45, 2.75) is 43.6 Å². The fraction of sp³-hybridized carbons (Fsp3) is 0.684. The van der Waals surface area contributed by atoms with Gasteiger partial charge in [-0.25, -0.2) is 0 Å². The molecule has 0 amide bonds. The molecule has 1 atom stereocenters. The Morgan fingerprint density at radius 1 is 1.13 bits per heavy atom. The zero-order chi connectivity index (χ0) is 16.3. The minimum atomic E-state index is -0.577. The monoisotopic (exact) mass is 336 g/mol. The Balaban J connectivity index is 1.81. The Morgan fingerprint density at radius 3 is 2.48 bits per heavy atom. The zero-order valence-corrected chi connectivity index (χ0v) is 14.9. The van der Waals surface area contributed by atoms with E-state index in [0.717, 1.165) is 63.4 Å². The standard InChI is InChI=1S/C19H29ClN2O/c1-21-10-12-22(13-11-21)15-18(16-6-5-7-17(20)14-16)19(23)8-3-2-4-9-19/h5-7,14,18,23H,2-4,8-13,15H2,1H3/t18-/m0/s1. The molecule has 1 aliphatic carbocycles. The first-order chi connectivity index (χ1) is 11.1. The highest BCUT2D eigenvalue weighted by Crippen LogP contribution is 2.41. The number of likely N-dealkylation sites (N-methyl/N-ethyl adjacent to an activating group) is 1. The molecule has 1 aliphatic heterocycles. The SMILES string of the molecule is CN1CCN(C[C@@H](c2cccc(Cl)c2)C2(O)CCCCC2)CC1. The molecule has 0 radical (unpaired) electrons. The van der Waals surface area contributed by atoms with Gasteiger partial charge in [-0.1, -0.05) is 43.0 Å². The van der Waals surface area contributed by atoms with E-state index in [4.69, 9.17) is 11.6 Å². The second-order valence-corrected chi connectivity index (χ2v) is 7.81. The Bertz CT molecular complexity index is 508. The molecular formula is C19H29ClN2O. The number of benzene rings is 1. The van der Waals surface area contributed by atoms with Gasteiger partial charge >= 0.3 is 0 Å². The van der Waals surface area contributed by atoms with Crippen LogP contribution in [0, 0.1) is 0 Å². The van der Waals surface area contributed by atoms with E-state index in [1.807, 2.05) is 12.1 Å². The molecule has 0 bridgehead atoms. The van der Waals surface area contributed by atoms with Gasteiger partial charge in [0.2, 0.25) is 0 Å². The molecule has 23 heavy (non-hydrogen) atoms. The van der Waals surface area contributed by atoms with E-state index in [0.29, 0.717) is 0 Å². The third-order valence-electron chi connectivity index (χ3n) is 5.66. The van der Waals surface area contributed by atoms with Crippen LogP contribution in [0.25, 0.3) is 0 Å². The maximum Gasteiger partial charge on any atom is 0.0728 e. The zero-order valence-electron chi connectivity index (χ0n) is 14.2. The smallest absolute Gasteiger partial charge is 0.0728 e. The lowest BCUT2D eigenvalue weighted by Crippen LogP contribution is -2.50. The van der Waals surface area contributed by atoms with E-state index < -0.39 is 5.60 Å². The van der Waals surface area contributed by atoms with Gasteiger partial charge in [-0.15, -0.1) is 0 Å². The quantitative estimate of drug-likeness (QED) is 0.913. The predicted molar refractivity (Wildman–Crippen MR) is 96.2 cm³/mol. The van der Waals surface area contributed by atoms with E-state index in [1.54, 1.807) is 0 Å². The largest absolute Gasteiger partial charge is 0.389 e. The van der Waals surface area contributed by atoms with Crippen molar-refractivity contribution >= 4 is 11.6 Å². The highest BCUT2D eigenvalue weighted by Gasteiger charge is 2.39. The first-order valence-electron chi connectivity index (χ1n) is 8.96. The van der Waals surface area contributed by atoms with Crippen LogP contribution in [-0.2, 0) is 0 Å². The van der Waals surface area contributed by atoms with Crippen LogP contribution >= 0.6 is 11.6 Å². The van der Waals surface area contributed by atoms with Gasteiger partial charge in [-0.3, -0.25) is 0 Å². The van der Waals surface area contributed by atoms with E-state index >= 15 is 0 Å². The average molecular weight is 337 g/mol. The number of piperazine rings is 1. The first kappa shape index (κ1) is 17.2. The molecule has 1 saturated heterocycles. The normalized spacial score (nSPS) is 24.5. The van der Waals surface area contributed by atoms with Gasteiger partial charge in [0.05, 0.1) is 5.60 Å². The summed E-state index contributed by atoms with van der Waals surface area (Å²) in [6, 6.07) is 8.12. The molecule has 1 saturated carbocycles. The average Bonchev–Trinajstić information content (AvgIpc) is 2.55. The molecule has 1 N–H and O–H groups in total. The van der Waals surface area contributed by atoms with E-state index in [2.05, 4.69) is 29.0 Å². The minimum Gasteiger partial charge on any atom is -0.389 e. The fourth-order valence-electron chi connectivity index (χ4n) is 4.11. The van der Waals surface area contributed by atoms with Crippen molar-refractivity contribution in [2.75, 3.05) is 39.8 Å². The third kappa shape index (κ3) is 4.27. The summed E-state index contributed by atoms with van der Waals surface area (Å²) in [5.41, 5.74) is 0.618. The van der Waals surface area contributed by atoms with Gasteiger partial charge in [0.25, 0.3) is 0 Å². The molecule has 2 aliphatic rings. The second kappa shape index (κ2) is 7.52. The van der Waals surface area contributed by atoms with Crippen LogP contribution in [0.15, 0.2) is 24.3 Å². The molecule has 0 aromatic heterocycles. The number of halogens is 1. The molecular weight excluding hydrogens is 308 g/mol. The van der Waals surface area contributed by atoms with Crippen LogP contribution in [0.4, 0.5) is 0 Å². The van der Waals surface area contributed by atoms with Gasteiger partial charge in [-0.2, -0.15) is 0 Å². The lowest BCUT2D eigenvalue weighted by Gasteiger charge is -2.43. The molecule has 4 heteroatoms. The van der Waals surface area contributed by atoms with Crippen molar-refractivity contribution in [3.63, 3.8) is 0 Å². The van der Waals surface area contributed by atoms with Crippen LogP contribution in [0.1, 0.15) is 43.6 Å². The molecule has 1 aromatic rings. The molecule has 1 heterocycles. The van der Waals surface area contributed by atoms with E-state index in [1.165, 1.54) is 12.0 Å². The van der Waals surface area contributed by atoms with Crippen LogP contribution < -0.4 is 0 Å². The van der Waals surface area contributed by atoms with Crippen molar-refractivity contribution in [1.29, 1.82) is 0 Å². The molecule has 2 fully saturated rings. The number of nitrogens with zero attached hydrogens (tertiary/aromatic N) is 2. The second-order valence-electron chi connectivity index (χ2n) is 7.38. The topological polar surface area (TPSA) is 26.7 Å². The molecule has 1 aromatic carbocycles. The summed E-state index contributed by atoms with van der Waals surface area (Å²) in [7, 11) is 2.18. The predicted octanol–water partition coefficient (Wildman–Crippen LogP) is 3.37. The maximum absolute atomic E-state index is 11.4. The van der Waals surface area contributed by atoms with Crippen LogP contribution in [0.2, 0.25) is 5.02 Å². The summed E-state index contributed by atoms with van der Waals surface area (Å²) >= 11 is 6.23. The van der Waals surface area contributed by atoms with Gasteiger partial charge in [-0.05, 0) is 37.6 Å². The van der Waals surface area contributed by atoms with Crippen molar-refractivity contribution in [3.8, 4) is 0 Å². The minimum absolute atomic E-state index is 0.157. The van der Waals surface area contributed by atoms with Crippen molar-refractivity contribution in [2.24, 2.45) is 0 Å². The van der Waals surface area contributed by atoms with E-state index in [9.17, 15) is 5.11 Å². The molecule has 3 rings (SSSR count). The highest BCUT2D eigenvalue weighted by molar-refractivity contribution is 6.30.